The number of aromatic nitrogens is 3. The summed E-state index contributed by atoms with van der Waals surface area (Å²) in [6.07, 6.45) is 4.52. The number of halogens is 2. The van der Waals surface area contributed by atoms with Crippen LogP contribution in [0.4, 0.5) is 4.39 Å². The van der Waals surface area contributed by atoms with Crippen LogP contribution in [0.5, 0.6) is 0 Å². The Hall–Kier alpha value is -2.88. The zero-order chi connectivity index (χ0) is 20.8. The van der Waals surface area contributed by atoms with Crippen LogP contribution in [0.15, 0.2) is 65.9 Å². The van der Waals surface area contributed by atoms with Gasteiger partial charge in [-0.2, -0.15) is 0 Å². The molecule has 4 aromatic rings. The molecule has 0 aliphatic carbocycles. The van der Waals surface area contributed by atoms with E-state index in [4.69, 9.17) is 0 Å². The molecule has 2 aromatic carbocycles. The third-order valence-electron chi connectivity index (χ3n) is 4.86. The highest BCUT2D eigenvalue weighted by Crippen LogP contribution is 2.19. The summed E-state index contributed by atoms with van der Waals surface area (Å²) in [6.45, 7) is 3.92. The standard InChI is InChI=1S/C23H25FN6.HI/c1-2-25-23(26-11-10-17-13-27-20-9-8-18(24)12-19(17)20)29-15-22-28-14-21(30-22)16-6-4-3-5-7-16;/h3-9,12-14,27H,2,10-11,15H2,1H3,(H,28,30)(H2,25,26,29);1H. The molecule has 0 atom stereocenters. The summed E-state index contributed by atoms with van der Waals surface area (Å²) in [5, 5.41) is 7.50. The maximum atomic E-state index is 13.5. The number of nitrogens with one attached hydrogen (secondary N) is 4. The van der Waals surface area contributed by atoms with Crippen molar-refractivity contribution in [2.45, 2.75) is 19.9 Å². The molecule has 0 bridgehead atoms. The van der Waals surface area contributed by atoms with Gasteiger partial charge >= 0.3 is 0 Å². The number of H-pyrrole nitrogens is 2. The Morgan fingerprint density at radius 1 is 1.13 bits per heavy atom. The second kappa shape index (κ2) is 10.9. The van der Waals surface area contributed by atoms with Crippen LogP contribution in [-0.4, -0.2) is 34.0 Å². The molecule has 4 rings (SSSR count). The lowest BCUT2D eigenvalue weighted by molar-refractivity contribution is 0.629. The number of benzene rings is 2. The largest absolute Gasteiger partial charge is 0.361 e. The van der Waals surface area contributed by atoms with Crippen LogP contribution in [-0.2, 0) is 13.0 Å². The molecule has 162 valence electrons. The Labute approximate surface area is 197 Å². The van der Waals surface area contributed by atoms with Gasteiger partial charge in [0.1, 0.15) is 18.2 Å². The van der Waals surface area contributed by atoms with E-state index in [9.17, 15) is 4.39 Å². The lowest BCUT2D eigenvalue weighted by Crippen LogP contribution is -2.38. The van der Waals surface area contributed by atoms with Crippen LogP contribution in [0.1, 0.15) is 18.3 Å². The minimum atomic E-state index is -0.223. The summed E-state index contributed by atoms with van der Waals surface area (Å²) < 4.78 is 13.5. The van der Waals surface area contributed by atoms with Gasteiger partial charge in [-0.15, -0.1) is 24.0 Å². The molecular weight excluding hydrogens is 506 g/mol. The Morgan fingerprint density at radius 3 is 2.77 bits per heavy atom. The van der Waals surface area contributed by atoms with Crippen molar-refractivity contribution in [1.82, 2.24) is 25.6 Å². The molecule has 0 fully saturated rings. The van der Waals surface area contributed by atoms with E-state index in [1.54, 1.807) is 12.1 Å². The van der Waals surface area contributed by atoms with Crippen LogP contribution in [0.3, 0.4) is 0 Å². The SMILES string of the molecule is CCNC(=NCc1ncc(-c2ccccc2)[nH]1)NCCc1c[nH]c2ccc(F)cc12.I. The van der Waals surface area contributed by atoms with E-state index >= 15 is 0 Å². The summed E-state index contributed by atoms with van der Waals surface area (Å²) in [4.78, 5) is 15.6. The fourth-order valence-corrected chi connectivity index (χ4v) is 3.38. The Bertz CT molecular complexity index is 1140. The molecule has 0 aliphatic heterocycles. The van der Waals surface area contributed by atoms with E-state index in [-0.39, 0.29) is 29.8 Å². The first-order chi connectivity index (χ1) is 14.7. The highest BCUT2D eigenvalue weighted by Gasteiger charge is 2.06. The second-order valence-electron chi connectivity index (χ2n) is 6.99. The average Bonchev–Trinajstić information content (AvgIpc) is 3.40. The number of fused-ring (bicyclic) bond motifs is 1. The molecule has 31 heavy (non-hydrogen) atoms. The number of guanidine groups is 1. The van der Waals surface area contributed by atoms with Gasteiger partial charge in [-0.3, -0.25) is 0 Å². The predicted octanol–water partition coefficient (Wildman–Crippen LogP) is 4.61. The minimum Gasteiger partial charge on any atom is -0.361 e. The summed E-state index contributed by atoms with van der Waals surface area (Å²) in [7, 11) is 0. The first kappa shape index (κ1) is 22.8. The van der Waals surface area contributed by atoms with Gasteiger partial charge in [-0.25, -0.2) is 14.4 Å². The van der Waals surface area contributed by atoms with E-state index in [1.165, 1.54) is 6.07 Å². The van der Waals surface area contributed by atoms with Crippen molar-refractivity contribution in [2.24, 2.45) is 4.99 Å². The highest BCUT2D eigenvalue weighted by atomic mass is 127. The maximum absolute atomic E-state index is 13.5. The van der Waals surface area contributed by atoms with Gasteiger partial charge < -0.3 is 20.6 Å². The maximum Gasteiger partial charge on any atom is 0.191 e. The van der Waals surface area contributed by atoms with Crippen molar-refractivity contribution < 1.29 is 4.39 Å². The van der Waals surface area contributed by atoms with Crippen LogP contribution in [0, 0.1) is 5.82 Å². The van der Waals surface area contributed by atoms with E-state index in [0.29, 0.717) is 13.1 Å². The molecule has 8 heteroatoms. The Balaban J connectivity index is 0.00000272. The van der Waals surface area contributed by atoms with Gasteiger partial charge in [-0.1, -0.05) is 30.3 Å². The van der Waals surface area contributed by atoms with Crippen molar-refractivity contribution in [3.8, 4) is 11.3 Å². The fraction of sp³-hybridized carbons (Fsp3) is 0.217. The van der Waals surface area contributed by atoms with Crippen molar-refractivity contribution in [2.75, 3.05) is 13.1 Å². The molecule has 2 aromatic heterocycles. The first-order valence-electron chi connectivity index (χ1n) is 10.1. The number of hydrogen-bond donors (Lipinski definition) is 4. The van der Waals surface area contributed by atoms with Crippen LogP contribution in [0.2, 0.25) is 0 Å². The molecule has 2 heterocycles. The molecular formula is C23H26FIN6. The van der Waals surface area contributed by atoms with Gasteiger partial charge in [-0.05, 0) is 42.7 Å². The van der Waals surface area contributed by atoms with Gasteiger partial charge in [0.15, 0.2) is 5.96 Å². The predicted molar refractivity (Wildman–Crippen MR) is 134 cm³/mol. The molecule has 0 amide bonds. The van der Waals surface area contributed by atoms with E-state index in [1.807, 2.05) is 49.6 Å². The number of aliphatic imine (C=N–C) groups is 1. The van der Waals surface area contributed by atoms with Crippen molar-refractivity contribution >= 4 is 40.8 Å². The lowest BCUT2D eigenvalue weighted by atomic mass is 10.1. The molecule has 4 N–H and O–H groups in total. The lowest BCUT2D eigenvalue weighted by Gasteiger charge is -2.10. The van der Waals surface area contributed by atoms with Gasteiger partial charge in [0, 0.05) is 30.2 Å². The normalized spacial score (nSPS) is 11.4. The zero-order valence-corrected chi connectivity index (χ0v) is 19.6. The Morgan fingerprint density at radius 2 is 1.97 bits per heavy atom. The molecule has 6 nitrogen and oxygen atoms in total. The number of hydrogen-bond acceptors (Lipinski definition) is 2. The number of aromatic amines is 2. The third-order valence-corrected chi connectivity index (χ3v) is 4.86. The second-order valence-corrected chi connectivity index (χ2v) is 6.99. The molecule has 0 radical (unpaired) electrons. The quantitative estimate of drug-likeness (QED) is 0.160. The topological polar surface area (TPSA) is 80.9 Å². The molecule has 0 aliphatic rings. The fourth-order valence-electron chi connectivity index (χ4n) is 3.38. The number of rotatable bonds is 7. The summed E-state index contributed by atoms with van der Waals surface area (Å²) in [5.74, 6) is 1.30. The number of imidazole rings is 1. The van der Waals surface area contributed by atoms with Crippen LogP contribution >= 0.6 is 24.0 Å². The van der Waals surface area contributed by atoms with Crippen molar-refractivity contribution in [3.63, 3.8) is 0 Å². The van der Waals surface area contributed by atoms with Crippen LogP contribution < -0.4 is 10.6 Å². The minimum absolute atomic E-state index is 0. The summed E-state index contributed by atoms with van der Waals surface area (Å²) in [6, 6.07) is 14.9. The Kier molecular flexibility index (Phi) is 8.05. The summed E-state index contributed by atoms with van der Waals surface area (Å²) >= 11 is 0. The number of nitrogens with zero attached hydrogens (tertiary/aromatic N) is 2. The van der Waals surface area contributed by atoms with Crippen molar-refractivity contribution in [3.05, 3.63) is 78.1 Å². The molecule has 0 saturated heterocycles. The third kappa shape index (κ3) is 5.84. The van der Waals surface area contributed by atoms with Gasteiger partial charge in [0.25, 0.3) is 0 Å². The average molecular weight is 532 g/mol. The van der Waals surface area contributed by atoms with Crippen molar-refractivity contribution in [1.29, 1.82) is 0 Å². The highest BCUT2D eigenvalue weighted by molar-refractivity contribution is 14.0. The van der Waals surface area contributed by atoms with Crippen LogP contribution in [0.25, 0.3) is 22.2 Å². The first-order valence-corrected chi connectivity index (χ1v) is 10.1. The smallest absolute Gasteiger partial charge is 0.191 e. The van der Waals surface area contributed by atoms with Gasteiger partial charge in [0.2, 0.25) is 0 Å². The molecule has 0 unspecified atom stereocenters. The van der Waals surface area contributed by atoms with E-state index < -0.39 is 0 Å². The molecule has 0 saturated carbocycles. The monoisotopic (exact) mass is 532 g/mol. The molecule has 0 spiro atoms. The zero-order valence-electron chi connectivity index (χ0n) is 17.3. The van der Waals surface area contributed by atoms with Gasteiger partial charge in [0.05, 0.1) is 11.9 Å². The summed E-state index contributed by atoms with van der Waals surface area (Å²) in [5.41, 5.74) is 4.09. The van der Waals surface area contributed by atoms with E-state index in [0.717, 1.165) is 52.5 Å². The van der Waals surface area contributed by atoms with E-state index in [2.05, 4.69) is 30.6 Å².